The number of alkyl halides is 3. The Balaban J connectivity index is 1.92. The van der Waals surface area contributed by atoms with Crippen molar-refractivity contribution in [3.05, 3.63) is 65.2 Å². The van der Waals surface area contributed by atoms with Gasteiger partial charge in [-0.25, -0.2) is 0 Å². The quantitative estimate of drug-likeness (QED) is 0.604. The molecule has 2 aromatic carbocycles. The molecule has 31 heavy (non-hydrogen) atoms. The second kappa shape index (κ2) is 7.80. The number of nitrogens with one attached hydrogen (secondary N) is 2. The Bertz CT molecular complexity index is 1160. The summed E-state index contributed by atoms with van der Waals surface area (Å²) in [5.41, 5.74) is 0.403. The van der Waals surface area contributed by atoms with Crippen LogP contribution in [0.25, 0.3) is 11.3 Å². The molecule has 1 aliphatic heterocycles. The van der Waals surface area contributed by atoms with Crippen molar-refractivity contribution in [2.24, 2.45) is 5.92 Å². The first-order valence-corrected chi connectivity index (χ1v) is 9.48. The number of H-pyrrole nitrogens is 1. The second-order valence-corrected chi connectivity index (χ2v) is 6.91. The maximum absolute atomic E-state index is 13.8. The van der Waals surface area contributed by atoms with Gasteiger partial charge in [0.05, 0.1) is 29.5 Å². The molecule has 0 spiro atoms. The second-order valence-electron chi connectivity index (χ2n) is 6.91. The predicted molar refractivity (Wildman–Crippen MR) is 106 cm³/mol. The predicted octanol–water partition coefficient (Wildman–Crippen LogP) is 5.14. The zero-order valence-corrected chi connectivity index (χ0v) is 16.3. The van der Waals surface area contributed by atoms with Crippen molar-refractivity contribution in [1.29, 1.82) is 10.7 Å². The van der Waals surface area contributed by atoms with E-state index in [0.717, 1.165) is 6.07 Å². The average molecular weight is 426 g/mol. The van der Waals surface area contributed by atoms with E-state index in [1.165, 1.54) is 18.2 Å². The average Bonchev–Trinajstić information content (AvgIpc) is 3.16. The highest BCUT2D eigenvalue weighted by atomic mass is 19.4. The molecule has 0 aliphatic carbocycles. The molecule has 0 amide bonds. The van der Waals surface area contributed by atoms with Crippen LogP contribution in [0.4, 0.5) is 13.2 Å². The van der Waals surface area contributed by atoms with Crippen molar-refractivity contribution in [2.75, 3.05) is 6.61 Å². The number of nitrogens with zero attached hydrogens (tertiary/aromatic N) is 2. The van der Waals surface area contributed by atoms with Crippen molar-refractivity contribution >= 4 is 5.90 Å². The summed E-state index contributed by atoms with van der Waals surface area (Å²) in [5, 5.41) is 24.7. The number of aromatic nitrogens is 2. The van der Waals surface area contributed by atoms with Gasteiger partial charge >= 0.3 is 6.18 Å². The van der Waals surface area contributed by atoms with Gasteiger partial charge in [0.2, 0.25) is 11.8 Å². The Morgan fingerprint density at radius 3 is 2.55 bits per heavy atom. The third kappa shape index (κ3) is 3.61. The Hall–Kier alpha value is -3.80. The van der Waals surface area contributed by atoms with Crippen molar-refractivity contribution < 1.29 is 22.6 Å². The Morgan fingerprint density at radius 2 is 1.90 bits per heavy atom. The van der Waals surface area contributed by atoms with Gasteiger partial charge in [0.1, 0.15) is 11.7 Å². The highest BCUT2D eigenvalue weighted by Gasteiger charge is 2.44. The molecule has 2 heterocycles. The van der Waals surface area contributed by atoms with Crippen molar-refractivity contribution in [2.45, 2.75) is 19.0 Å². The summed E-state index contributed by atoms with van der Waals surface area (Å²) in [6, 6.07) is 14.0. The molecule has 1 aromatic heterocycles. The summed E-state index contributed by atoms with van der Waals surface area (Å²) >= 11 is 0. The van der Waals surface area contributed by atoms with Crippen LogP contribution in [0.3, 0.4) is 0 Å². The summed E-state index contributed by atoms with van der Waals surface area (Å²) in [6.45, 7) is 2.35. The molecule has 9 heteroatoms. The van der Waals surface area contributed by atoms with Gasteiger partial charge in [-0.3, -0.25) is 10.5 Å². The van der Waals surface area contributed by atoms with E-state index in [1.807, 2.05) is 13.0 Å². The van der Waals surface area contributed by atoms with E-state index in [4.69, 9.17) is 14.9 Å². The SMILES string of the molecule is CCOc1ccc(-c2[nH]nc3c2C(c2ccccc2C(F)(F)F)C(C#N)C(=N)O3)cc1. The van der Waals surface area contributed by atoms with Gasteiger partial charge in [-0.15, -0.1) is 5.10 Å². The molecule has 0 saturated heterocycles. The third-order valence-electron chi connectivity index (χ3n) is 5.10. The summed E-state index contributed by atoms with van der Waals surface area (Å²) in [6.07, 6.45) is -4.62. The number of benzene rings is 2. The molecule has 6 nitrogen and oxygen atoms in total. The van der Waals surface area contributed by atoms with E-state index >= 15 is 0 Å². The number of fused-ring (bicyclic) bond motifs is 1. The lowest BCUT2D eigenvalue weighted by Gasteiger charge is -2.30. The van der Waals surface area contributed by atoms with Crippen molar-refractivity contribution in [1.82, 2.24) is 10.2 Å². The molecule has 2 atom stereocenters. The van der Waals surface area contributed by atoms with E-state index in [1.54, 1.807) is 24.3 Å². The minimum Gasteiger partial charge on any atom is -0.494 e. The molecule has 2 N–H and O–H groups in total. The third-order valence-corrected chi connectivity index (χ3v) is 5.10. The summed E-state index contributed by atoms with van der Waals surface area (Å²) < 4.78 is 52.1. The summed E-state index contributed by atoms with van der Waals surface area (Å²) in [5.74, 6) is -2.13. The number of nitriles is 1. The van der Waals surface area contributed by atoms with Crippen LogP contribution >= 0.6 is 0 Å². The van der Waals surface area contributed by atoms with Crippen LogP contribution in [0.5, 0.6) is 11.6 Å². The lowest BCUT2D eigenvalue weighted by Crippen LogP contribution is -2.32. The molecular weight excluding hydrogens is 409 g/mol. The Labute approximate surface area is 175 Å². The van der Waals surface area contributed by atoms with Crippen LogP contribution in [-0.4, -0.2) is 22.7 Å². The van der Waals surface area contributed by atoms with E-state index in [0.29, 0.717) is 29.2 Å². The monoisotopic (exact) mass is 426 g/mol. The maximum atomic E-state index is 13.8. The lowest BCUT2D eigenvalue weighted by atomic mass is 9.77. The molecule has 158 valence electrons. The smallest absolute Gasteiger partial charge is 0.416 e. The zero-order valence-electron chi connectivity index (χ0n) is 16.3. The molecule has 0 bridgehead atoms. The van der Waals surface area contributed by atoms with Gasteiger partial charge in [0.25, 0.3) is 0 Å². The number of ether oxygens (including phenoxy) is 2. The van der Waals surface area contributed by atoms with Crippen LogP contribution < -0.4 is 9.47 Å². The van der Waals surface area contributed by atoms with Crippen LogP contribution in [0.1, 0.15) is 29.5 Å². The van der Waals surface area contributed by atoms with Gasteiger partial charge in [0.15, 0.2) is 0 Å². The molecular formula is C22H17F3N4O2. The highest BCUT2D eigenvalue weighted by Crippen LogP contribution is 2.48. The van der Waals surface area contributed by atoms with Crippen molar-refractivity contribution in [3.8, 4) is 29.0 Å². The van der Waals surface area contributed by atoms with Crippen LogP contribution in [-0.2, 0) is 6.18 Å². The van der Waals surface area contributed by atoms with Crippen LogP contribution in [0.2, 0.25) is 0 Å². The highest BCUT2D eigenvalue weighted by molar-refractivity contribution is 5.86. The first-order valence-electron chi connectivity index (χ1n) is 9.48. The molecule has 0 saturated carbocycles. The Morgan fingerprint density at radius 1 is 1.19 bits per heavy atom. The number of halogens is 3. The zero-order chi connectivity index (χ0) is 22.2. The molecule has 4 rings (SSSR count). The minimum atomic E-state index is -4.62. The van der Waals surface area contributed by atoms with Crippen LogP contribution in [0, 0.1) is 22.7 Å². The fourth-order valence-electron chi connectivity index (χ4n) is 3.79. The largest absolute Gasteiger partial charge is 0.494 e. The molecule has 0 fully saturated rings. The van der Waals surface area contributed by atoms with Gasteiger partial charge < -0.3 is 9.47 Å². The normalized spacial score (nSPS) is 18.1. The molecule has 3 aromatic rings. The lowest BCUT2D eigenvalue weighted by molar-refractivity contribution is -0.138. The van der Waals surface area contributed by atoms with Gasteiger partial charge in [-0.05, 0) is 42.8 Å². The first kappa shape index (κ1) is 20.5. The van der Waals surface area contributed by atoms with E-state index < -0.39 is 29.5 Å². The molecule has 1 aliphatic rings. The molecule has 2 unspecified atom stereocenters. The van der Waals surface area contributed by atoms with E-state index in [9.17, 15) is 18.4 Å². The number of aromatic amines is 1. The summed E-state index contributed by atoms with van der Waals surface area (Å²) in [7, 11) is 0. The van der Waals surface area contributed by atoms with E-state index in [-0.39, 0.29) is 11.4 Å². The fraction of sp³-hybridized carbons (Fsp3) is 0.227. The van der Waals surface area contributed by atoms with Crippen molar-refractivity contribution in [3.63, 3.8) is 0 Å². The number of hydrogen-bond donors (Lipinski definition) is 2. The van der Waals surface area contributed by atoms with Gasteiger partial charge in [-0.1, -0.05) is 18.2 Å². The number of rotatable bonds is 4. The van der Waals surface area contributed by atoms with Gasteiger partial charge in [0, 0.05) is 11.5 Å². The standard InChI is InChI=1S/C22H17F3N4O2/c1-2-30-13-9-7-12(8-10-13)19-18-17(14-5-3-4-6-16(14)22(23,24)25)15(11-26)20(27)31-21(18)29-28-19/h3-10,15,17,27H,2H2,1H3,(H,28,29). The summed E-state index contributed by atoms with van der Waals surface area (Å²) in [4.78, 5) is 0. The maximum Gasteiger partial charge on any atom is 0.416 e. The fourth-order valence-corrected chi connectivity index (χ4v) is 3.79. The Kier molecular flexibility index (Phi) is 5.15. The van der Waals surface area contributed by atoms with Gasteiger partial charge in [-0.2, -0.15) is 18.4 Å². The first-order chi connectivity index (χ1) is 14.8. The van der Waals surface area contributed by atoms with E-state index in [2.05, 4.69) is 10.2 Å². The van der Waals surface area contributed by atoms with Crippen LogP contribution in [0.15, 0.2) is 48.5 Å². The topological polar surface area (TPSA) is 94.8 Å². The minimum absolute atomic E-state index is 0.0117. The number of hydrogen-bond acceptors (Lipinski definition) is 5. The molecule has 0 radical (unpaired) electrons.